The highest BCUT2D eigenvalue weighted by atomic mass is 79.9. The van der Waals surface area contributed by atoms with Gasteiger partial charge in [-0.3, -0.25) is 4.79 Å². The molecule has 1 aromatic carbocycles. The van der Waals surface area contributed by atoms with Gasteiger partial charge >= 0.3 is 0 Å². The van der Waals surface area contributed by atoms with Crippen molar-refractivity contribution in [3.8, 4) is 0 Å². The van der Waals surface area contributed by atoms with E-state index in [4.69, 9.17) is 0 Å². The van der Waals surface area contributed by atoms with Crippen LogP contribution in [0.2, 0.25) is 0 Å². The summed E-state index contributed by atoms with van der Waals surface area (Å²) in [5, 5.41) is 0. The average Bonchev–Trinajstić information content (AvgIpc) is 2.52. The molecule has 2 rings (SSSR count). The Labute approximate surface area is 117 Å². The molecule has 0 aliphatic carbocycles. The van der Waals surface area contributed by atoms with Crippen molar-refractivity contribution in [3.63, 3.8) is 0 Å². The van der Waals surface area contributed by atoms with Gasteiger partial charge in [0.1, 0.15) is 0 Å². The van der Waals surface area contributed by atoms with Gasteiger partial charge in [-0.05, 0) is 55.9 Å². The maximum Gasteiger partial charge on any atom is 0.253 e. The molecule has 1 aliphatic rings. The number of carbonyl (C=O) groups is 1. The molecule has 1 aliphatic heterocycles. The summed E-state index contributed by atoms with van der Waals surface area (Å²) >= 11 is 3.46. The SMILES string of the molecule is Cc1cc(Br)cc(C(=O)N2CCCC(C)CC2)c1. The Morgan fingerprint density at radius 1 is 1.28 bits per heavy atom. The first kappa shape index (κ1) is 13.6. The maximum atomic E-state index is 12.5. The Morgan fingerprint density at radius 2 is 2.06 bits per heavy atom. The van der Waals surface area contributed by atoms with Gasteiger partial charge in [0.2, 0.25) is 0 Å². The molecule has 0 N–H and O–H groups in total. The highest BCUT2D eigenvalue weighted by Crippen LogP contribution is 2.20. The molecule has 0 spiro atoms. The molecule has 1 fully saturated rings. The van der Waals surface area contributed by atoms with E-state index in [2.05, 4.69) is 22.9 Å². The summed E-state index contributed by atoms with van der Waals surface area (Å²) in [5.74, 6) is 0.917. The van der Waals surface area contributed by atoms with Gasteiger partial charge in [0.15, 0.2) is 0 Å². The zero-order chi connectivity index (χ0) is 13.1. The molecule has 1 saturated heterocycles. The molecule has 1 heterocycles. The minimum absolute atomic E-state index is 0.175. The number of benzene rings is 1. The molecule has 1 unspecified atom stereocenters. The van der Waals surface area contributed by atoms with Crippen LogP contribution in [0, 0.1) is 12.8 Å². The molecule has 1 aromatic rings. The smallest absolute Gasteiger partial charge is 0.253 e. The predicted octanol–water partition coefficient (Wildman–Crippen LogP) is 4.02. The van der Waals surface area contributed by atoms with E-state index < -0.39 is 0 Å². The third kappa shape index (κ3) is 3.35. The normalized spacial score (nSPS) is 20.6. The van der Waals surface area contributed by atoms with Crippen molar-refractivity contribution in [1.82, 2.24) is 4.90 Å². The van der Waals surface area contributed by atoms with Crippen LogP contribution in [-0.2, 0) is 0 Å². The lowest BCUT2D eigenvalue weighted by Crippen LogP contribution is -2.32. The molecular weight excluding hydrogens is 290 g/mol. The molecule has 3 heteroatoms. The van der Waals surface area contributed by atoms with Gasteiger partial charge < -0.3 is 4.90 Å². The topological polar surface area (TPSA) is 20.3 Å². The summed E-state index contributed by atoms with van der Waals surface area (Å²) in [7, 11) is 0. The number of hydrogen-bond acceptors (Lipinski definition) is 1. The van der Waals surface area contributed by atoms with Gasteiger partial charge in [-0.25, -0.2) is 0 Å². The summed E-state index contributed by atoms with van der Waals surface area (Å²) in [6.45, 7) is 6.09. The lowest BCUT2D eigenvalue weighted by molar-refractivity contribution is 0.0760. The lowest BCUT2D eigenvalue weighted by Gasteiger charge is -2.20. The van der Waals surface area contributed by atoms with Crippen LogP contribution in [0.4, 0.5) is 0 Å². The van der Waals surface area contributed by atoms with Crippen molar-refractivity contribution in [2.24, 2.45) is 5.92 Å². The average molecular weight is 310 g/mol. The Balaban J connectivity index is 2.14. The third-order valence-corrected chi connectivity index (χ3v) is 4.05. The number of nitrogens with zero attached hydrogens (tertiary/aromatic N) is 1. The van der Waals surface area contributed by atoms with Crippen LogP contribution in [-0.4, -0.2) is 23.9 Å². The van der Waals surface area contributed by atoms with Gasteiger partial charge in [-0.1, -0.05) is 22.9 Å². The summed E-state index contributed by atoms with van der Waals surface area (Å²) in [4.78, 5) is 14.5. The first-order valence-corrected chi connectivity index (χ1v) is 7.42. The second-order valence-electron chi connectivity index (χ2n) is 5.35. The molecular formula is C15H20BrNO. The van der Waals surface area contributed by atoms with E-state index in [0.717, 1.165) is 47.4 Å². The van der Waals surface area contributed by atoms with Gasteiger partial charge in [-0.2, -0.15) is 0 Å². The van der Waals surface area contributed by atoms with Crippen LogP contribution in [0.1, 0.15) is 42.1 Å². The monoisotopic (exact) mass is 309 g/mol. The Hall–Kier alpha value is -0.830. The molecule has 18 heavy (non-hydrogen) atoms. The number of rotatable bonds is 1. The van der Waals surface area contributed by atoms with Crippen molar-refractivity contribution in [2.45, 2.75) is 33.1 Å². The largest absolute Gasteiger partial charge is 0.339 e. The van der Waals surface area contributed by atoms with Crippen LogP contribution < -0.4 is 0 Å². The third-order valence-electron chi connectivity index (χ3n) is 3.59. The zero-order valence-corrected chi connectivity index (χ0v) is 12.7. The molecule has 0 aromatic heterocycles. The zero-order valence-electron chi connectivity index (χ0n) is 11.1. The number of amides is 1. The molecule has 1 amide bonds. The fourth-order valence-corrected chi connectivity index (χ4v) is 3.12. The van der Waals surface area contributed by atoms with E-state index in [-0.39, 0.29) is 5.91 Å². The first-order valence-electron chi connectivity index (χ1n) is 6.63. The molecule has 0 radical (unpaired) electrons. The number of hydrogen-bond donors (Lipinski definition) is 0. The van der Waals surface area contributed by atoms with Crippen LogP contribution in [0.3, 0.4) is 0 Å². The van der Waals surface area contributed by atoms with E-state index in [1.807, 2.05) is 30.0 Å². The van der Waals surface area contributed by atoms with Gasteiger partial charge in [0, 0.05) is 23.1 Å². The number of halogens is 1. The van der Waals surface area contributed by atoms with E-state index in [1.54, 1.807) is 0 Å². The minimum Gasteiger partial charge on any atom is -0.339 e. The highest BCUT2D eigenvalue weighted by molar-refractivity contribution is 9.10. The van der Waals surface area contributed by atoms with E-state index in [9.17, 15) is 4.79 Å². The lowest BCUT2D eigenvalue weighted by atomic mass is 10.0. The van der Waals surface area contributed by atoms with Crippen LogP contribution >= 0.6 is 15.9 Å². The van der Waals surface area contributed by atoms with Crippen LogP contribution in [0.15, 0.2) is 22.7 Å². The quantitative estimate of drug-likeness (QED) is 0.767. The van der Waals surface area contributed by atoms with E-state index >= 15 is 0 Å². The van der Waals surface area contributed by atoms with Crippen LogP contribution in [0.25, 0.3) is 0 Å². The Morgan fingerprint density at radius 3 is 2.78 bits per heavy atom. The molecule has 2 nitrogen and oxygen atoms in total. The Bertz CT molecular complexity index is 424. The Kier molecular flexibility index (Phi) is 4.44. The predicted molar refractivity (Wildman–Crippen MR) is 77.8 cm³/mol. The number of likely N-dealkylation sites (tertiary alicyclic amines) is 1. The van der Waals surface area contributed by atoms with Crippen molar-refractivity contribution in [2.75, 3.05) is 13.1 Å². The van der Waals surface area contributed by atoms with E-state index in [1.165, 1.54) is 6.42 Å². The molecule has 1 atom stereocenters. The number of carbonyl (C=O) groups excluding carboxylic acids is 1. The van der Waals surface area contributed by atoms with Gasteiger partial charge in [0.05, 0.1) is 0 Å². The van der Waals surface area contributed by atoms with Crippen molar-refractivity contribution < 1.29 is 4.79 Å². The molecule has 98 valence electrons. The fourth-order valence-electron chi connectivity index (χ4n) is 2.51. The number of aryl methyl sites for hydroxylation is 1. The second kappa shape index (κ2) is 5.87. The first-order chi connectivity index (χ1) is 8.56. The summed E-state index contributed by atoms with van der Waals surface area (Å²) in [5.41, 5.74) is 1.92. The summed E-state index contributed by atoms with van der Waals surface area (Å²) in [6, 6.07) is 5.92. The molecule has 0 saturated carbocycles. The standard InChI is InChI=1S/C15H20BrNO/c1-11-4-3-6-17(7-5-11)15(18)13-8-12(2)9-14(16)10-13/h8-11H,3-7H2,1-2H3. The summed E-state index contributed by atoms with van der Waals surface area (Å²) in [6.07, 6.45) is 3.49. The maximum absolute atomic E-state index is 12.5. The van der Waals surface area contributed by atoms with E-state index in [0.29, 0.717) is 0 Å². The molecule has 0 bridgehead atoms. The minimum atomic E-state index is 0.175. The van der Waals surface area contributed by atoms with Crippen molar-refractivity contribution in [1.29, 1.82) is 0 Å². The van der Waals surface area contributed by atoms with Crippen LogP contribution in [0.5, 0.6) is 0 Å². The fraction of sp³-hybridized carbons (Fsp3) is 0.533. The second-order valence-corrected chi connectivity index (χ2v) is 6.26. The summed E-state index contributed by atoms with van der Waals surface area (Å²) < 4.78 is 0.981. The van der Waals surface area contributed by atoms with Crippen molar-refractivity contribution >= 4 is 21.8 Å². The highest BCUT2D eigenvalue weighted by Gasteiger charge is 2.20. The van der Waals surface area contributed by atoms with Gasteiger partial charge in [0.25, 0.3) is 5.91 Å². The van der Waals surface area contributed by atoms with Gasteiger partial charge in [-0.15, -0.1) is 0 Å². The van der Waals surface area contributed by atoms with Crippen molar-refractivity contribution in [3.05, 3.63) is 33.8 Å².